The summed E-state index contributed by atoms with van der Waals surface area (Å²) in [7, 11) is 1.65. The number of pyridine rings is 1. The van der Waals surface area contributed by atoms with Gasteiger partial charge in [0.15, 0.2) is 0 Å². The first-order valence-corrected chi connectivity index (χ1v) is 7.41. The van der Waals surface area contributed by atoms with Crippen LogP contribution in [0.5, 0.6) is 5.75 Å². The summed E-state index contributed by atoms with van der Waals surface area (Å²) in [6.07, 6.45) is 3.69. The molecule has 0 saturated carbocycles. The highest BCUT2D eigenvalue weighted by Gasteiger charge is 2.16. The smallest absolute Gasteiger partial charge is 0.119 e. The molecule has 0 bridgehead atoms. The molecule has 0 radical (unpaired) electrons. The van der Waals surface area contributed by atoms with Crippen LogP contribution in [0.1, 0.15) is 17.2 Å². The Kier molecular flexibility index (Phi) is 3.90. The largest absolute Gasteiger partial charge is 0.497 e. The third-order valence-electron chi connectivity index (χ3n) is 3.57. The summed E-state index contributed by atoms with van der Waals surface area (Å²) < 4.78 is 6.25. The molecular formula is C17H15BrN2O. The summed E-state index contributed by atoms with van der Waals surface area (Å²) in [5, 5.41) is 2.21. The number of hydrogen-bond acceptors (Lipinski definition) is 3. The summed E-state index contributed by atoms with van der Waals surface area (Å²) in [5.74, 6) is 0.789. The number of hydrogen-bond donors (Lipinski definition) is 1. The van der Waals surface area contributed by atoms with E-state index >= 15 is 0 Å². The Hall–Kier alpha value is -1.91. The molecule has 1 aromatic heterocycles. The summed E-state index contributed by atoms with van der Waals surface area (Å²) in [5.41, 5.74) is 8.46. The second kappa shape index (κ2) is 5.84. The topological polar surface area (TPSA) is 48.1 Å². The number of methoxy groups -OCH3 is 1. The van der Waals surface area contributed by atoms with Crippen molar-refractivity contribution in [3.8, 4) is 5.75 Å². The van der Waals surface area contributed by atoms with Gasteiger partial charge in [-0.3, -0.25) is 4.98 Å². The van der Waals surface area contributed by atoms with E-state index in [4.69, 9.17) is 10.5 Å². The summed E-state index contributed by atoms with van der Waals surface area (Å²) >= 11 is 3.57. The average molecular weight is 343 g/mol. The van der Waals surface area contributed by atoms with Crippen LogP contribution in [0.2, 0.25) is 0 Å². The van der Waals surface area contributed by atoms with Crippen LogP contribution in [-0.2, 0) is 0 Å². The van der Waals surface area contributed by atoms with Crippen molar-refractivity contribution in [2.24, 2.45) is 5.73 Å². The molecule has 3 nitrogen and oxygen atoms in total. The normalized spacial score (nSPS) is 12.3. The average Bonchev–Trinajstić information content (AvgIpc) is 2.54. The number of benzene rings is 2. The highest BCUT2D eigenvalue weighted by atomic mass is 79.9. The molecule has 0 fully saturated rings. The summed E-state index contributed by atoms with van der Waals surface area (Å²) in [4.78, 5) is 4.31. The zero-order valence-electron chi connectivity index (χ0n) is 11.6. The van der Waals surface area contributed by atoms with Crippen LogP contribution in [0.25, 0.3) is 10.8 Å². The van der Waals surface area contributed by atoms with Gasteiger partial charge in [0.25, 0.3) is 0 Å². The Balaban J connectivity index is 2.14. The lowest BCUT2D eigenvalue weighted by molar-refractivity contribution is 0.414. The van der Waals surface area contributed by atoms with Gasteiger partial charge in [-0.1, -0.05) is 40.2 Å². The van der Waals surface area contributed by atoms with E-state index < -0.39 is 0 Å². The Morgan fingerprint density at radius 3 is 2.71 bits per heavy atom. The van der Waals surface area contributed by atoms with E-state index in [9.17, 15) is 0 Å². The van der Waals surface area contributed by atoms with Crippen molar-refractivity contribution in [2.45, 2.75) is 6.04 Å². The Labute approximate surface area is 131 Å². The van der Waals surface area contributed by atoms with Gasteiger partial charge in [0, 0.05) is 22.3 Å². The van der Waals surface area contributed by atoms with Crippen LogP contribution in [0.15, 0.2) is 59.3 Å². The van der Waals surface area contributed by atoms with Crippen molar-refractivity contribution in [1.29, 1.82) is 0 Å². The molecule has 0 aliphatic carbocycles. The molecule has 0 saturated heterocycles. The molecular weight excluding hydrogens is 328 g/mol. The molecule has 1 unspecified atom stereocenters. The van der Waals surface area contributed by atoms with Crippen molar-refractivity contribution in [3.63, 3.8) is 0 Å². The molecule has 0 spiro atoms. The number of ether oxygens (including phenoxy) is 1. The van der Waals surface area contributed by atoms with Gasteiger partial charge in [0.05, 0.1) is 13.2 Å². The molecule has 3 rings (SSSR count). The zero-order chi connectivity index (χ0) is 14.8. The fraction of sp³-hybridized carbons (Fsp3) is 0.118. The van der Waals surface area contributed by atoms with Gasteiger partial charge in [-0.25, -0.2) is 0 Å². The lowest BCUT2D eigenvalue weighted by Crippen LogP contribution is -2.13. The number of rotatable bonds is 3. The van der Waals surface area contributed by atoms with Crippen LogP contribution in [0, 0.1) is 0 Å². The van der Waals surface area contributed by atoms with E-state index in [1.807, 2.05) is 48.8 Å². The quantitative estimate of drug-likeness (QED) is 0.780. The third kappa shape index (κ3) is 2.64. The maximum Gasteiger partial charge on any atom is 0.119 e. The van der Waals surface area contributed by atoms with Gasteiger partial charge in [0.2, 0.25) is 0 Å². The van der Waals surface area contributed by atoms with Gasteiger partial charge in [-0.15, -0.1) is 0 Å². The second-order valence-electron chi connectivity index (χ2n) is 4.81. The number of halogens is 1. The van der Waals surface area contributed by atoms with E-state index in [0.29, 0.717) is 0 Å². The predicted octanol–water partition coefficient (Wildman–Crippen LogP) is 4.05. The van der Waals surface area contributed by atoms with Crippen LogP contribution < -0.4 is 10.5 Å². The molecule has 2 N–H and O–H groups in total. The molecule has 0 aliphatic heterocycles. The number of aromatic nitrogens is 1. The monoisotopic (exact) mass is 342 g/mol. The van der Waals surface area contributed by atoms with Crippen molar-refractivity contribution < 1.29 is 4.74 Å². The van der Waals surface area contributed by atoms with Crippen molar-refractivity contribution in [1.82, 2.24) is 4.98 Å². The second-order valence-corrected chi connectivity index (χ2v) is 5.67. The van der Waals surface area contributed by atoms with Gasteiger partial charge in [-0.2, -0.15) is 0 Å². The number of nitrogens with zero attached hydrogens (tertiary/aromatic N) is 1. The summed E-state index contributed by atoms with van der Waals surface area (Å²) in [6, 6.07) is 13.7. The molecule has 0 aliphatic rings. The molecule has 4 heteroatoms. The lowest BCUT2D eigenvalue weighted by atomic mass is 9.96. The fourth-order valence-electron chi connectivity index (χ4n) is 2.44. The van der Waals surface area contributed by atoms with Crippen LogP contribution in [0.4, 0.5) is 0 Å². The Bertz CT molecular complexity index is 783. The molecule has 1 heterocycles. The van der Waals surface area contributed by atoms with E-state index in [2.05, 4.69) is 27.0 Å². The van der Waals surface area contributed by atoms with Crippen molar-refractivity contribution in [2.75, 3.05) is 7.11 Å². The van der Waals surface area contributed by atoms with Crippen LogP contribution >= 0.6 is 15.9 Å². The van der Waals surface area contributed by atoms with E-state index in [1.165, 1.54) is 0 Å². The number of nitrogens with two attached hydrogens (primary N) is 1. The zero-order valence-corrected chi connectivity index (χ0v) is 13.2. The molecule has 106 valence electrons. The first-order chi connectivity index (χ1) is 10.2. The fourth-order valence-corrected chi connectivity index (χ4v) is 2.94. The molecule has 1 atom stereocenters. The lowest BCUT2D eigenvalue weighted by Gasteiger charge is -2.17. The van der Waals surface area contributed by atoms with Gasteiger partial charge in [-0.05, 0) is 34.7 Å². The van der Waals surface area contributed by atoms with E-state index in [-0.39, 0.29) is 6.04 Å². The first-order valence-electron chi connectivity index (χ1n) is 6.62. The van der Waals surface area contributed by atoms with Gasteiger partial charge in [0.1, 0.15) is 5.75 Å². The minimum absolute atomic E-state index is 0.270. The minimum Gasteiger partial charge on any atom is -0.497 e. The van der Waals surface area contributed by atoms with Crippen LogP contribution in [0.3, 0.4) is 0 Å². The highest BCUT2D eigenvalue weighted by molar-refractivity contribution is 9.10. The first kappa shape index (κ1) is 14.0. The predicted molar refractivity (Wildman–Crippen MR) is 88.5 cm³/mol. The Morgan fingerprint density at radius 2 is 1.90 bits per heavy atom. The van der Waals surface area contributed by atoms with Gasteiger partial charge < -0.3 is 10.5 Å². The van der Waals surface area contributed by atoms with Crippen LogP contribution in [-0.4, -0.2) is 12.1 Å². The van der Waals surface area contributed by atoms with E-state index in [1.54, 1.807) is 7.11 Å². The maximum absolute atomic E-state index is 6.48. The van der Waals surface area contributed by atoms with Crippen molar-refractivity contribution in [3.05, 3.63) is 70.5 Å². The van der Waals surface area contributed by atoms with Gasteiger partial charge >= 0.3 is 0 Å². The standard InChI is InChI=1S/C17H15BrN2O/c1-21-12-6-7-16(18)14(8-12)17(19)15-10-20-9-11-4-2-3-5-13(11)15/h2-10,17H,19H2,1H3. The molecule has 2 aromatic carbocycles. The Morgan fingerprint density at radius 1 is 1.10 bits per heavy atom. The summed E-state index contributed by atoms with van der Waals surface area (Å²) in [6.45, 7) is 0. The van der Waals surface area contributed by atoms with E-state index in [0.717, 1.165) is 32.1 Å². The molecule has 0 amide bonds. The number of fused-ring (bicyclic) bond motifs is 1. The third-order valence-corrected chi connectivity index (χ3v) is 4.29. The SMILES string of the molecule is COc1ccc(Br)c(C(N)c2cncc3ccccc23)c1. The maximum atomic E-state index is 6.48. The molecule has 3 aromatic rings. The highest BCUT2D eigenvalue weighted by Crippen LogP contribution is 2.32. The minimum atomic E-state index is -0.270. The van der Waals surface area contributed by atoms with Crippen molar-refractivity contribution >= 4 is 26.7 Å². The molecule has 21 heavy (non-hydrogen) atoms.